The number of carbonyl (C=O) groups is 1. The van der Waals surface area contributed by atoms with Gasteiger partial charge in [-0.05, 0) is 30.7 Å². The van der Waals surface area contributed by atoms with Crippen LogP contribution < -0.4 is 9.64 Å². The fourth-order valence-electron chi connectivity index (χ4n) is 3.50. The third kappa shape index (κ3) is 5.54. The summed E-state index contributed by atoms with van der Waals surface area (Å²) in [5.41, 5.74) is 1.01. The molecule has 0 unspecified atom stereocenters. The van der Waals surface area contributed by atoms with Crippen LogP contribution in [0.25, 0.3) is 0 Å². The summed E-state index contributed by atoms with van der Waals surface area (Å²) in [7, 11) is 1.66. The average Bonchev–Trinajstić information content (AvgIpc) is 2.59. The summed E-state index contributed by atoms with van der Waals surface area (Å²) < 4.78 is 5.18. The Morgan fingerprint density at radius 3 is 2.08 bits per heavy atom. The number of carbonyl (C=O) groups excluding carboxylic acids is 1. The van der Waals surface area contributed by atoms with Crippen LogP contribution in [-0.4, -0.2) is 19.1 Å². The highest BCUT2D eigenvalue weighted by Gasteiger charge is 2.36. The standard InChI is InChI=1S/C21H33NO2/c1-3-4-5-6-7-8-9-10-11-12-19-17-21(23)22(19)18-13-15-20(24-2)16-14-18/h13-16,19H,3-12,17H2,1-2H3/t19-/m0/s1. The molecule has 0 aliphatic carbocycles. The van der Waals surface area contributed by atoms with E-state index in [1.807, 2.05) is 29.2 Å². The minimum atomic E-state index is 0.251. The van der Waals surface area contributed by atoms with Gasteiger partial charge in [0, 0.05) is 18.2 Å². The molecule has 0 saturated carbocycles. The van der Waals surface area contributed by atoms with Gasteiger partial charge >= 0.3 is 0 Å². The summed E-state index contributed by atoms with van der Waals surface area (Å²) in [6.45, 7) is 2.26. The molecule has 1 saturated heterocycles. The number of β-lactam (4-membered cyclic amide) rings is 1. The van der Waals surface area contributed by atoms with Gasteiger partial charge in [0.1, 0.15) is 5.75 Å². The van der Waals surface area contributed by atoms with Crippen LogP contribution in [0.5, 0.6) is 5.75 Å². The Kier molecular flexibility index (Phi) is 8.14. The Hall–Kier alpha value is -1.51. The molecule has 0 spiro atoms. The highest BCUT2D eigenvalue weighted by atomic mass is 16.5. The number of hydrogen-bond acceptors (Lipinski definition) is 2. The summed E-state index contributed by atoms with van der Waals surface area (Å²) in [6.07, 6.45) is 14.0. The number of hydrogen-bond donors (Lipinski definition) is 0. The van der Waals surface area contributed by atoms with Crippen molar-refractivity contribution < 1.29 is 9.53 Å². The van der Waals surface area contributed by atoms with Crippen LogP contribution >= 0.6 is 0 Å². The molecule has 1 heterocycles. The molecule has 1 aliphatic rings. The van der Waals surface area contributed by atoms with Crippen molar-refractivity contribution in [1.29, 1.82) is 0 Å². The second-order valence-electron chi connectivity index (χ2n) is 6.94. The largest absolute Gasteiger partial charge is 0.497 e. The number of rotatable bonds is 12. The lowest BCUT2D eigenvalue weighted by molar-refractivity contribution is -0.124. The molecule has 0 N–H and O–H groups in total. The van der Waals surface area contributed by atoms with Crippen molar-refractivity contribution in [2.45, 2.75) is 83.6 Å². The predicted molar refractivity (Wildman–Crippen MR) is 101 cm³/mol. The van der Waals surface area contributed by atoms with Crippen LogP contribution in [0, 0.1) is 0 Å². The number of nitrogens with zero attached hydrogens (tertiary/aromatic N) is 1. The number of benzene rings is 1. The zero-order chi connectivity index (χ0) is 17.2. The lowest BCUT2D eigenvalue weighted by atomic mass is 9.94. The van der Waals surface area contributed by atoms with E-state index in [0.717, 1.165) is 17.9 Å². The van der Waals surface area contributed by atoms with E-state index in [9.17, 15) is 4.79 Å². The van der Waals surface area contributed by atoms with Crippen LogP contribution in [0.1, 0.15) is 77.6 Å². The number of unbranched alkanes of at least 4 members (excludes halogenated alkanes) is 8. The third-order valence-electron chi connectivity index (χ3n) is 5.04. The van der Waals surface area contributed by atoms with E-state index in [2.05, 4.69) is 6.92 Å². The van der Waals surface area contributed by atoms with Crippen molar-refractivity contribution in [3.8, 4) is 5.75 Å². The number of amides is 1. The maximum atomic E-state index is 12.0. The van der Waals surface area contributed by atoms with Gasteiger partial charge in [-0.25, -0.2) is 0 Å². The predicted octanol–water partition coefficient (Wildman–Crippen LogP) is 5.72. The topological polar surface area (TPSA) is 29.5 Å². The van der Waals surface area contributed by atoms with E-state index >= 15 is 0 Å². The third-order valence-corrected chi connectivity index (χ3v) is 5.04. The Labute approximate surface area is 147 Å². The maximum absolute atomic E-state index is 12.0. The van der Waals surface area contributed by atoms with Gasteiger partial charge in [-0.15, -0.1) is 0 Å². The fraction of sp³-hybridized carbons (Fsp3) is 0.667. The molecule has 1 fully saturated rings. The quantitative estimate of drug-likeness (QED) is 0.362. The molecule has 0 aromatic heterocycles. The summed E-state index contributed by atoms with van der Waals surface area (Å²) in [5, 5.41) is 0. The first-order valence-electron chi connectivity index (χ1n) is 9.72. The van der Waals surface area contributed by atoms with Gasteiger partial charge in [0.2, 0.25) is 5.91 Å². The van der Waals surface area contributed by atoms with E-state index in [0.29, 0.717) is 12.5 Å². The van der Waals surface area contributed by atoms with Gasteiger partial charge in [0.05, 0.1) is 7.11 Å². The fourth-order valence-corrected chi connectivity index (χ4v) is 3.50. The summed E-state index contributed by atoms with van der Waals surface area (Å²) in [5.74, 6) is 1.09. The van der Waals surface area contributed by atoms with Gasteiger partial charge in [-0.3, -0.25) is 4.79 Å². The van der Waals surface area contributed by atoms with E-state index in [-0.39, 0.29) is 5.91 Å². The summed E-state index contributed by atoms with van der Waals surface area (Å²) >= 11 is 0. The highest BCUT2D eigenvalue weighted by molar-refractivity contribution is 6.00. The Balaban J connectivity index is 1.61. The molecule has 1 aromatic carbocycles. The van der Waals surface area contributed by atoms with Crippen molar-refractivity contribution in [2.75, 3.05) is 12.0 Å². The van der Waals surface area contributed by atoms with E-state index < -0.39 is 0 Å². The first-order chi connectivity index (χ1) is 11.8. The van der Waals surface area contributed by atoms with Gasteiger partial charge in [-0.1, -0.05) is 64.7 Å². The molecule has 134 valence electrons. The first-order valence-corrected chi connectivity index (χ1v) is 9.72. The number of methoxy groups -OCH3 is 1. The molecule has 1 amide bonds. The SMILES string of the molecule is CCCCCCCCCCC[C@H]1CC(=O)N1c1ccc(OC)cc1. The van der Waals surface area contributed by atoms with Crippen molar-refractivity contribution >= 4 is 11.6 Å². The Morgan fingerprint density at radius 1 is 0.958 bits per heavy atom. The van der Waals surface area contributed by atoms with E-state index in [1.54, 1.807) is 7.11 Å². The Morgan fingerprint density at radius 2 is 1.54 bits per heavy atom. The molecule has 1 atom stereocenters. The van der Waals surface area contributed by atoms with Crippen LogP contribution in [-0.2, 0) is 4.79 Å². The van der Waals surface area contributed by atoms with Crippen LogP contribution in [0.15, 0.2) is 24.3 Å². The van der Waals surface area contributed by atoms with Crippen LogP contribution in [0.4, 0.5) is 5.69 Å². The summed E-state index contributed by atoms with van der Waals surface area (Å²) in [6, 6.07) is 8.22. The van der Waals surface area contributed by atoms with Crippen molar-refractivity contribution in [3.63, 3.8) is 0 Å². The first kappa shape index (κ1) is 18.8. The number of ether oxygens (including phenoxy) is 1. The lowest BCUT2D eigenvalue weighted by Crippen LogP contribution is -2.52. The molecule has 2 rings (SSSR count). The zero-order valence-corrected chi connectivity index (χ0v) is 15.4. The summed E-state index contributed by atoms with van der Waals surface area (Å²) in [4.78, 5) is 13.9. The van der Waals surface area contributed by atoms with Gasteiger partial charge in [0.25, 0.3) is 0 Å². The minimum absolute atomic E-state index is 0.251. The average molecular weight is 332 g/mol. The molecule has 1 aliphatic heterocycles. The van der Waals surface area contributed by atoms with E-state index in [1.165, 1.54) is 57.8 Å². The van der Waals surface area contributed by atoms with Crippen molar-refractivity contribution in [2.24, 2.45) is 0 Å². The van der Waals surface area contributed by atoms with Gasteiger partial charge < -0.3 is 9.64 Å². The van der Waals surface area contributed by atoms with Gasteiger partial charge in [0.15, 0.2) is 0 Å². The Bertz CT molecular complexity index is 483. The van der Waals surface area contributed by atoms with Crippen molar-refractivity contribution in [3.05, 3.63) is 24.3 Å². The van der Waals surface area contributed by atoms with Crippen LogP contribution in [0.2, 0.25) is 0 Å². The molecule has 3 nitrogen and oxygen atoms in total. The van der Waals surface area contributed by atoms with Crippen LogP contribution in [0.3, 0.4) is 0 Å². The number of anilines is 1. The monoisotopic (exact) mass is 331 g/mol. The molecule has 3 heteroatoms. The molecule has 0 radical (unpaired) electrons. The normalized spacial score (nSPS) is 17.0. The maximum Gasteiger partial charge on any atom is 0.229 e. The van der Waals surface area contributed by atoms with Crippen molar-refractivity contribution in [1.82, 2.24) is 0 Å². The second kappa shape index (κ2) is 10.4. The molecular formula is C21H33NO2. The van der Waals surface area contributed by atoms with E-state index in [4.69, 9.17) is 4.74 Å². The molecule has 1 aromatic rings. The smallest absolute Gasteiger partial charge is 0.229 e. The molecular weight excluding hydrogens is 298 g/mol. The zero-order valence-electron chi connectivity index (χ0n) is 15.4. The van der Waals surface area contributed by atoms with Gasteiger partial charge in [-0.2, -0.15) is 0 Å². The molecule has 24 heavy (non-hydrogen) atoms. The lowest BCUT2D eigenvalue weighted by Gasteiger charge is -2.40. The minimum Gasteiger partial charge on any atom is -0.497 e. The second-order valence-corrected chi connectivity index (χ2v) is 6.94. The highest BCUT2D eigenvalue weighted by Crippen LogP contribution is 2.32. The molecule has 0 bridgehead atoms.